The molecule has 0 aliphatic carbocycles. The summed E-state index contributed by atoms with van der Waals surface area (Å²) in [4.78, 5) is 24.7. The molecule has 0 atom stereocenters. The molecule has 2 aromatic heterocycles. The second-order valence-corrected chi connectivity index (χ2v) is 5.95. The average Bonchev–Trinajstić information content (AvgIpc) is 2.60. The molecule has 0 unspecified atom stereocenters. The van der Waals surface area contributed by atoms with Crippen LogP contribution in [-0.4, -0.2) is 20.9 Å². The molecular weight excluding hydrogens is 361 g/mol. The molecule has 0 fully saturated rings. The lowest BCUT2D eigenvalue weighted by Crippen LogP contribution is -2.14. The van der Waals surface area contributed by atoms with Gasteiger partial charge in [-0.1, -0.05) is 29.3 Å². The third-order valence-corrected chi connectivity index (χ3v) is 3.62. The summed E-state index contributed by atoms with van der Waals surface area (Å²) in [5, 5.41) is 6.63. The standard InChI is InChI=1S/C17H13Cl2N5O/c18-11-5-12(19)7-14(6-11)24-17(25)15-9-23-16(10-21-15)22-8-13-3-1-2-4-20-13/h1-7,9-10H,8H2,(H,22,23)(H,24,25). The number of aromatic nitrogens is 3. The Morgan fingerprint density at radius 3 is 2.44 bits per heavy atom. The molecule has 2 heterocycles. The SMILES string of the molecule is O=C(Nc1cc(Cl)cc(Cl)c1)c1cnc(NCc2ccccn2)cn1. The van der Waals surface area contributed by atoms with Crippen molar-refractivity contribution in [3.05, 3.63) is 76.4 Å². The van der Waals surface area contributed by atoms with Gasteiger partial charge in [0.1, 0.15) is 11.5 Å². The number of carbonyl (C=O) groups is 1. The summed E-state index contributed by atoms with van der Waals surface area (Å²) < 4.78 is 0. The number of anilines is 2. The van der Waals surface area contributed by atoms with E-state index in [1.807, 2.05) is 18.2 Å². The van der Waals surface area contributed by atoms with E-state index in [0.29, 0.717) is 28.1 Å². The van der Waals surface area contributed by atoms with Gasteiger partial charge in [-0.2, -0.15) is 0 Å². The third kappa shape index (κ3) is 4.89. The van der Waals surface area contributed by atoms with Crippen LogP contribution >= 0.6 is 23.2 Å². The Kier molecular flexibility index (Phi) is 5.42. The number of carbonyl (C=O) groups excluding carboxylic acids is 1. The summed E-state index contributed by atoms with van der Waals surface area (Å²) in [7, 11) is 0. The van der Waals surface area contributed by atoms with E-state index in [2.05, 4.69) is 25.6 Å². The number of nitrogens with one attached hydrogen (secondary N) is 2. The predicted octanol–water partition coefficient (Wildman–Crippen LogP) is 4.04. The van der Waals surface area contributed by atoms with Crippen molar-refractivity contribution in [1.82, 2.24) is 15.0 Å². The van der Waals surface area contributed by atoms with Crippen molar-refractivity contribution in [1.29, 1.82) is 0 Å². The fourth-order valence-electron chi connectivity index (χ4n) is 2.04. The number of hydrogen-bond acceptors (Lipinski definition) is 5. The zero-order valence-electron chi connectivity index (χ0n) is 12.9. The van der Waals surface area contributed by atoms with Gasteiger partial charge in [-0.15, -0.1) is 0 Å². The molecule has 126 valence electrons. The van der Waals surface area contributed by atoms with Gasteiger partial charge in [-0.05, 0) is 30.3 Å². The van der Waals surface area contributed by atoms with Gasteiger partial charge in [0.05, 0.1) is 24.6 Å². The molecule has 0 radical (unpaired) electrons. The molecule has 3 rings (SSSR count). The van der Waals surface area contributed by atoms with Crippen molar-refractivity contribution in [3.63, 3.8) is 0 Å². The van der Waals surface area contributed by atoms with Crippen LogP contribution in [0.3, 0.4) is 0 Å². The molecule has 6 nitrogen and oxygen atoms in total. The number of hydrogen-bond donors (Lipinski definition) is 2. The number of pyridine rings is 1. The number of benzene rings is 1. The summed E-state index contributed by atoms with van der Waals surface area (Å²) in [6.07, 6.45) is 4.60. The fourth-order valence-corrected chi connectivity index (χ4v) is 2.57. The highest BCUT2D eigenvalue weighted by molar-refractivity contribution is 6.35. The van der Waals surface area contributed by atoms with Gasteiger partial charge < -0.3 is 10.6 Å². The highest BCUT2D eigenvalue weighted by Gasteiger charge is 2.09. The Labute approximate surface area is 154 Å². The molecular formula is C17H13Cl2N5O. The van der Waals surface area contributed by atoms with Crippen molar-refractivity contribution in [2.75, 3.05) is 10.6 Å². The highest BCUT2D eigenvalue weighted by Crippen LogP contribution is 2.22. The van der Waals surface area contributed by atoms with E-state index < -0.39 is 5.91 Å². The zero-order chi connectivity index (χ0) is 17.6. The van der Waals surface area contributed by atoms with Crippen molar-refractivity contribution in [2.45, 2.75) is 6.54 Å². The van der Waals surface area contributed by atoms with Gasteiger partial charge in [0, 0.05) is 21.9 Å². The number of nitrogens with zero attached hydrogens (tertiary/aromatic N) is 3. The Balaban J connectivity index is 1.62. The average molecular weight is 374 g/mol. The Hall–Kier alpha value is -2.70. The highest BCUT2D eigenvalue weighted by atomic mass is 35.5. The summed E-state index contributed by atoms with van der Waals surface area (Å²) >= 11 is 11.8. The van der Waals surface area contributed by atoms with Gasteiger partial charge in [0.2, 0.25) is 0 Å². The van der Waals surface area contributed by atoms with E-state index in [4.69, 9.17) is 23.2 Å². The van der Waals surface area contributed by atoms with Crippen LogP contribution in [0, 0.1) is 0 Å². The minimum atomic E-state index is -0.401. The predicted molar refractivity (Wildman–Crippen MR) is 98.0 cm³/mol. The van der Waals surface area contributed by atoms with Crippen LogP contribution in [0.2, 0.25) is 10.0 Å². The molecule has 8 heteroatoms. The fraction of sp³-hybridized carbons (Fsp3) is 0.0588. The molecule has 25 heavy (non-hydrogen) atoms. The van der Waals surface area contributed by atoms with E-state index in [1.165, 1.54) is 12.4 Å². The molecule has 1 aromatic carbocycles. The maximum absolute atomic E-state index is 12.2. The largest absolute Gasteiger partial charge is 0.363 e. The Bertz CT molecular complexity index is 852. The number of amides is 1. The lowest BCUT2D eigenvalue weighted by Gasteiger charge is -2.07. The third-order valence-electron chi connectivity index (χ3n) is 3.18. The maximum atomic E-state index is 12.2. The zero-order valence-corrected chi connectivity index (χ0v) is 14.4. The monoisotopic (exact) mass is 373 g/mol. The number of halogens is 2. The minimum absolute atomic E-state index is 0.180. The first kappa shape index (κ1) is 17.1. The Morgan fingerprint density at radius 1 is 1.00 bits per heavy atom. The van der Waals surface area contributed by atoms with Crippen molar-refractivity contribution in [2.24, 2.45) is 0 Å². The topological polar surface area (TPSA) is 79.8 Å². The second-order valence-electron chi connectivity index (χ2n) is 5.07. The van der Waals surface area contributed by atoms with E-state index >= 15 is 0 Å². The van der Waals surface area contributed by atoms with Gasteiger partial charge in [-0.25, -0.2) is 9.97 Å². The van der Waals surface area contributed by atoms with Gasteiger partial charge in [0.25, 0.3) is 5.91 Å². The van der Waals surface area contributed by atoms with Gasteiger partial charge in [0.15, 0.2) is 0 Å². The normalized spacial score (nSPS) is 10.3. The van der Waals surface area contributed by atoms with Crippen LogP contribution < -0.4 is 10.6 Å². The van der Waals surface area contributed by atoms with Crippen LogP contribution in [0.4, 0.5) is 11.5 Å². The molecule has 0 aliphatic rings. The first-order valence-corrected chi connectivity index (χ1v) is 8.09. The van der Waals surface area contributed by atoms with E-state index in [-0.39, 0.29) is 5.69 Å². The summed E-state index contributed by atoms with van der Waals surface area (Å²) in [5.74, 6) is 0.148. The van der Waals surface area contributed by atoms with Crippen LogP contribution in [0.5, 0.6) is 0 Å². The molecule has 1 amide bonds. The molecule has 3 aromatic rings. The van der Waals surface area contributed by atoms with E-state index in [0.717, 1.165) is 5.69 Å². The molecule has 0 bridgehead atoms. The second kappa shape index (κ2) is 7.92. The smallest absolute Gasteiger partial charge is 0.275 e. The minimum Gasteiger partial charge on any atom is -0.363 e. The Morgan fingerprint density at radius 2 is 1.80 bits per heavy atom. The molecule has 0 spiro atoms. The molecule has 0 saturated carbocycles. The van der Waals surface area contributed by atoms with Crippen LogP contribution in [0.25, 0.3) is 0 Å². The lowest BCUT2D eigenvalue weighted by atomic mass is 10.3. The number of rotatable bonds is 5. The first-order chi connectivity index (χ1) is 12.1. The summed E-state index contributed by atoms with van der Waals surface area (Å²) in [6.45, 7) is 0.516. The van der Waals surface area contributed by atoms with E-state index in [9.17, 15) is 4.79 Å². The molecule has 0 saturated heterocycles. The summed E-state index contributed by atoms with van der Waals surface area (Å²) in [5.41, 5.74) is 1.55. The lowest BCUT2D eigenvalue weighted by molar-refractivity contribution is 0.102. The van der Waals surface area contributed by atoms with Crippen LogP contribution in [-0.2, 0) is 6.54 Å². The van der Waals surface area contributed by atoms with Gasteiger partial charge >= 0.3 is 0 Å². The molecule has 2 N–H and O–H groups in total. The first-order valence-electron chi connectivity index (χ1n) is 7.33. The van der Waals surface area contributed by atoms with Crippen molar-refractivity contribution in [3.8, 4) is 0 Å². The quantitative estimate of drug-likeness (QED) is 0.705. The van der Waals surface area contributed by atoms with Gasteiger partial charge in [-0.3, -0.25) is 9.78 Å². The van der Waals surface area contributed by atoms with Crippen LogP contribution in [0.15, 0.2) is 55.0 Å². The van der Waals surface area contributed by atoms with Crippen molar-refractivity contribution >= 4 is 40.6 Å². The van der Waals surface area contributed by atoms with Crippen LogP contribution in [0.1, 0.15) is 16.2 Å². The summed E-state index contributed by atoms with van der Waals surface area (Å²) in [6, 6.07) is 10.4. The molecule has 0 aliphatic heterocycles. The van der Waals surface area contributed by atoms with E-state index in [1.54, 1.807) is 24.4 Å². The maximum Gasteiger partial charge on any atom is 0.275 e. The van der Waals surface area contributed by atoms with Crippen molar-refractivity contribution < 1.29 is 4.79 Å².